The Morgan fingerprint density at radius 3 is 2.86 bits per heavy atom. The maximum atomic E-state index is 10.2. The second kappa shape index (κ2) is 6.14. The number of fused-ring (bicyclic) bond motifs is 2. The highest BCUT2D eigenvalue weighted by Crippen LogP contribution is 2.33. The number of para-hydroxylation sites is 1. The predicted octanol–water partition coefficient (Wildman–Crippen LogP) is 0.0647. The van der Waals surface area contributed by atoms with Gasteiger partial charge in [-0.25, -0.2) is 9.97 Å². The number of hydrogen-bond acceptors (Lipinski definition) is 10. The van der Waals surface area contributed by atoms with Crippen LogP contribution in [0.25, 0.3) is 22.2 Å². The van der Waals surface area contributed by atoms with Gasteiger partial charge in [-0.2, -0.15) is 4.98 Å². The van der Waals surface area contributed by atoms with Gasteiger partial charge in [-0.3, -0.25) is 4.57 Å². The Balaban J connectivity index is 1.53. The van der Waals surface area contributed by atoms with Gasteiger partial charge in [-0.15, -0.1) is 5.10 Å². The molecule has 0 amide bonds. The Morgan fingerprint density at radius 1 is 1.18 bits per heavy atom. The van der Waals surface area contributed by atoms with Crippen molar-refractivity contribution in [1.82, 2.24) is 34.7 Å². The zero-order valence-electron chi connectivity index (χ0n) is 14.1. The van der Waals surface area contributed by atoms with Crippen molar-refractivity contribution >= 4 is 22.2 Å². The van der Waals surface area contributed by atoms with Gasteiger partial charge < -0.3 is 24.9 Å². The van der Waals surface area contributed by atoms with Crippen LogP contribution in [0.1, 0.15) is 6.23 Å². The minimum Gasteiger partial charge on any atom is -0.506 e. The SMILES string of the molecule is OCC1=C(O)C(O)[C@H](n2cnc3c(On4nnc5ccccc54)ncnc32)O1. The Labute approximate surface area is 155 Å². The van der Waals surface area contributed by atoms with Crippen LogP contribution in [0.3, 0.4) is 0 Å². The van der Waals surface area contributed by atoms with Crippen LogP contribution in [0.15, 0.2) is 48.4 Å². The van der Waals surface area contributed by atoms with E-state index in [-0.39, 0.29) is 17.2 Å². The van der Waals surface area contributed by atoms with Gasteiger partial charge in [0.2, 0.25) is 6.23 Å². The van der Waals surface area contributed by atoms with Crippen LogP contribution < -0.4 is 4.84 Å². The van der Waals surface area contributed by atoms with E-state index in [1.54, 1.807) is 12.1 Å². The van der Waals surface area contributed by atoms with E-state index in [9.17, 15) is 15.3 Å². The Bertz CT molecular complexity index is 1220. The van der Waals surface area contributed by atoms with Crippen LogP contribution in [-0.2, 0) is 4.74 Å². The van der Waals surface area contributed by atoms with E-state index in [0.717, 1.165) is 0 Å². The smallest absolute Gasteiger partial charge is 0.280 e. The van der Waals surface area contributed by atoms with Crippen LogP contribution in [0.2, 0.25) is 0 Å². The maximum absolute atomic E-state index is 10.2. The first kappa shape index (κ1) is 16.4. The number of ether oxygens (including phenoxy) is 1. The summed E-state index contributed by atoms with van der Waals surface area (Å²) in [5, 5.41) is 37.2. The largest absolute Gasteiger partial charge is 0.506 e. The first-order valence-electron chi connectivity index (χ1n) is 8.21. The fourth-order valence-corrected chi connectivity index (χ4v) is 2.98. The summed E-state index contributed by atoms with van der Waals surface area (Å²) < 4.78 is 6.82. The summed E-state index contributed by atoms with van der Waals surface area (Å²) in [4.78, 5) is 19.4. The number of rotatable bonds is 4. The second-order valence-electron chi connectivity index (χ2n) is 5.97. The monoisotopic (exact) mass is 383 g/mol. The fourth-order valence-electron chi connectivity index (χ4n) is 2.98. The van der Waals surface area contributed by atoms with Crippen LogP contribution in [-0.4, -0.2) is 62.7 Å². The van der Waals surface area contributed by atoms with E-state index >= 15 is 0 Å². The number of nitrogens with zero attached hydrogens (tertiary/aromatic N) is 7. The molecule has 0 saturated carbocycles. The maximum Gasteiger partial charge on any atom is 0.280 e. The highest BCUT2D eigenvalue weighted by Gasteiger charge is 2.37. The van der Waals surface area contributed by atoms with Gasteiger partial charge >= 0.3 is 0 Å². The highest BCUT2D eigenvalue weighted by molar-refractivity contribution is 5.77. The minimum atomic E-state index is -1.38. The molecule has 0 fully saturated rings. The first-order valence-corrected chi connectivity index (χ1v) is 8.21. The number of aliphatic hydroxyl groups is 3. The van der Waals surface area contributed by atoms with Gasteiger partial charge in [0.1, 0.15) is 30.3 Å². The molecule has 2 atom stereocenters. The summed E-state index contributed by atoms with van der Waals surface area (Å²) in [6.07, 6.45) is 0.212. The standard InChI is InChI=1S/C16H13N7O5/c24-5-10-12(25)13(26)16(27-10)22-7-19-11-14(22)17-6-18-15(11)28-23-9-4-2-1-3-8(9)20-21-23/h1-4,6-7,13,16,24-26H,5H2/t13?,16-/m1/s1. The molecule has 0 saturated heterocycles. The van der Waals surface area contributed by atoms with E-state index in [0.29, 0.717) is 16.7 Å². The number of aromatic nitrogens is 7. The van der Waals surface area contributed by atoms with Crippen molar-refractivity contribution in [2.45, 2.75) is 12.3 Å². The van der Waals surface area contributed by atoms with E-state index in [2.05, 4.69) is 25.3 Å². The lowest BCUT2D eigenvalue weighted by molar-refractivity contribution is -0.0120. The molecular formula is C16H13N7O5. The van der Waals surface area contributed by atoms with E-state index in [1.165, 1.54) is 22.1 Å². The molecule has 4 aromatic rings. The topological polar surface area (TPSA) is 153 Å². The van der Waals surface area contributed by atoms with Crippen molar-refractivity contribution in [3.63, 3.8) is 0 Å². The lowest BCUT2D eigenvalue weighted by atomic mass is 10.2. The number of hydrogen-bond donors (Lipinski definition) is 3. The molecule has 1 aliphatic heterocycles. The molecule has 28 heavy (non-hydrogen) atoms. The van der Waals surface area contributed by atoms with E-state index in [4.69, 9.17) is 9.57 Å². The molecule has 0 bridgehead atoms. The van der Waals surface area contributed by atoms with Gasteiger partial charge in [0.15, 0.2) is 28.8 Å². The van der Waals surface area contributed by atoms with Crippen LogP contribution in [0.4, 0.5) is 0 Å². The lowest BCUT2D eigenvalue weighted by Crippen LogP contribution is -2.22. The first-order chi connectivity index (χ1) is 13.7. The Kier molecular flexibility index (Phi) is 3.60. The highest BCUT2D eigenvalue weighted by atomic mass is 16.7. The summed E-state index contributed by atoms with van der Waals surface area (Å²) in [5.41, 5.74) is 1.88. The lowest BCUT2D eigenvalue weighted by Gasteiger charge is -2.17. The van der Waals surface area contributed by atoms with Crippen molar-refractivity contribution in [2.24, 2.45) is 0 Å². The van der Waals surface area contributed by atoms with Gasteiger partial charge in [0.25, 0.3) is 5.88 Å². The molecule has 1 aliphatic rings. The summed E-state index contributed by atoms with van der Waals surface area (Å²) in [6, 6.07) is 7.25. The van der Waals surface area contributed by atoms with Crippen molar-refractivity contribution < 1.29 is 24.9 Å². The van der Waals surface area contributed by atoms with Crippen molar-refractivity contribution in [1.29, 1.82) is 0 Å². The summed E-state index contributed by atoms with van der Waals surface area (Å²) in [6.45, 7) is -0.547. The average molecular weight is 383 g/mol. The van der Waals surface area contributed by atoms with E-state index < -0.39 is 24.7 Å². The summed E-state index contributed by atoms with van der Waals surface area (Å²) >= 11 is 0. The minimum absolute atomic E-state index is 0.112. The molecule has 4 heterocycles. The predicted molar refractivity (Wildman–Crippen MR) is 91.7 cm³/mol. The molecule has 0 aliphatic carbocycles. The third-order valence-electron chi connectivity index (χ3n) is 4.34. The molecule has 0 spiro atoms. The zero-order valence-corrected chi connectivity index (χ0v) is 14.1. The molecule has 142 valence electrons. The van der Waals surface area contributed by atoms with Crippen molar-refractivity contribution in [3.8, 4) is 5.88 Å². The summed E-state index contributed by atoms with van der Waals surface area (Å²) in [7, 11) is 0. The molecule has 5 rings (SSSR count). The number of imidazole rings is 1. The molecule has 12 nitrogen and oxygen atoms in total. The second-order valence-corrected chi connectivity index (χ2v) is 5.97. The van der Waals surface area contributed by atoms with Crippen molar-refractivity contribution in [3.05, 3.63) is 48.4 Å². The van der Waals surface area contributed by atoms with Crippen molar-refractivity contribution in [2.75, 3.05) is 6.61 Å². The Hall–Kier alpha value is -3.77. The Morgan fingerprint density at radius 2 is 2.04 bits per heavy atom. The third-order valence-corrected chi connectivity index (χ3v) is 4.34. The molecule has 12 heteroatoms. The summed E-state index contributed by atoms with van der Waals surface area (Å²) in [5.74, 6) is -0.431. The molecule has 3 N–H and O–H groups in total. The third kappa shape index (κ3) is 2.35. The molecule has 1 unspecified atom stereocenters. The van der Waals surface area contributed by atoms with Crippen LogP contribution >= 0.6 is 0 Å². The molecule has 1 aromatic carbocycles. The quantitative estimate of drug-likeness (QED) is 0.441. The normalized spacial score (nSPS) is 19.5. The van der Waals surface area contributed by atoms with Gasteiger partial charge in [0.05, 0.1) is 0 Å². The van der Waals surface area contributed by atoms with Crippen LogP contribution in [0.5, 0.6) is 5.88 Å². The molecule has 3 aromatic heterocycles. The number of aliphatic hydroxyl groups excluding tert-OH is 3. The average Bonchev–Trinajstić information content (AvgIpc) is 3.40. The van der Waals surface area contributed by atoms with Gasteiger partial charge in [-0.05, 0) is 17.3 Å². The van der Waals surface area contributed by atoms with Crippen LogP contribution in [0, 0.1) is 0 Å². The molecule has 0 radical (unpaired) electrons. The van der Waals surface area contributed by atoms with Gasteiger partial charge in [-0.1, -0.05) is 17.0 Å². The molecular weight excluding hydrogens is 370 g/mol. The van der Waals surface area contributed by atoms with E-state index in [1.807, 2.05) is 12.1 Å². The number of benzene rings is 1. The fraction of sp³-hybridized carbons (Fsp3) is 0.188. The van der Waals surface area contributed by atoms with Gasteiger partial charge in [0, 0.05) is 0 Å². The zero-order chi connectivity index (χ0) is 19.3.